The van der Waals surface area contributed by atoms with Crippen LogP contribution in [0, 0.1) is 12.8 Å². The molecular formula is C21H36N2OS. The van der Waals surface area contributed by atoms with Gasteiger partial charge >= 0.3 is 0 Å². The van der Waals surface area contributed by atoms with E-state index in [1.807, 2.05) is 13.1 Å². The maximum Gasteiger partial charge on any atom is 0.116 e. The van der Waals surface area contributed by atoms with Crippen LogP contribution < -0.4 is 10.2 Å². The van der Waals surface area contributed by atoms with Crippen LogP contribution in [0.5, 0.6) is 0 Å². The fourth-order valence-corrected chi connectivity index (χ4v) is 3.69. The minimum atomic E-state index is 0.109. The lowest BCUT2D eigenvalue weighted by atomic mass is 9.97. The third kappa shape index (κ3) is 6.59. The van der Waals surface area contributed by atoms with Crippen LogP contribution in [0.15, 0.2) is 23.6 Å². The van der Waals surface area contributed by atoms with Gasteiger partial charge in [0.2, 0.25) is 0 Å². The average Bonchev–Trinajstić information content (AvgIpc) is 2.54. The smallest absolute Gasteiger partial charge is 0.116 e. The van der Waals surface area contributed by atoms with Crippen molar-refractivity contribution in [1.29, 1.82) is 0 Å². The third-order valence-corrected chi connectivity index (χ3v) is 5.07. The highest BCUT2D eigenvalue weighted by atomic mass is 32.1. The quantitative estimate of drug-likeness (QED) is 0.361. The second kappa shape index (κ2) is 10.8. The predicted molar refractivity (Wildman–Crippen MR) is 114 cm³/mol. The van der Waals surface area contributed by atoms with E-state index in [2.05, 4.69) is 63.2 Å². The van der Waals surface area contributed by atoms with Crippen molar-refractivity contribution in [3.8, 4) is 0 Å². The summed E-state index contributed by atoms with van der Waals surface area (Å²) in [6.07, 6.45) is 4.78. The molecule has 142 valence electrons. The van der Waals surface area contributed by atoms with E-state index in [0.29, 0.717) is 6.04 Å². The molecule has 4 heteroatoms. The Labute approximate surface area is 159 Å². The van der Waals surface area contributed by atoms with Crippen LogP contribution in [0.4, 0.5) is 5.69 Å². The molecule has 0 aliphatic rings. The second-order valence-electron chi connectivity index (χ2n) is 7.24. The van der Waals surface area contributed by atoms with Crippen molar-refractivity contribution in [2.24, 2.45) is 5.92 Å². The standard InChI is InChI=1S/C21H36N2OS/c1-7-23(18(11-12-22-6)10-8-9-15(2)3)21-14-19(25)13-20(16(21)4)17(5)24/h13-15,18,22,24-25H,5,7-12H2,1-4,6H3. The number of hydrogen-bond donors (Lipinski definition) is 3. The summed E-state index contributed by atoms with van der Waals surface area (Å²) in [4.78, 5) is 3.33. The molecule has 1 atom stereocenters. The fraction of sp³-hybridized carbons (Fsp3) is 0.619. The van der Waals surface area contributed by atoms with Gasteiger partial charge in [-0.05, 0) is 63.9 Å². The first-order valence-electron chi connectivity index (χ1n) is 9.44. The van der Waals surface area contributed by atoms with Gasteiger partial charge in [0, 0.05) is 28.7 Å². The Balaban J connectivity index is 3.14. The largest absolute Gasteiger partial charge is 0.508 e. The normalized spacial score (nSPS) is 12.4. The molecule has 0 bridgehead atoms. The molecule has 1 rings (SSSR count). The summed E-state index contributed by atoms with van der Waals surface area (Å²) in [6, 6.07) is 4.48. The van der Waals surface area contributed by atoms with E-state index in [1.165, 1.54) is 19.3 Å². The van der Waals surface area contributed by atoms with E-state index in [9.17, 15) is 5.11 Å². The summed E-state index contributed by atoms with van der Waals surface area (Å²) in [5.74, 6) is 0.851. The highest BCUT2D eigenvalue weighted by molar-refractivity contribution is 7.80. The zero-order valence-electron chi connectivity index (χ0n) is 16.6. The van der Waals surface area contributed by atoms with Crippen molar-refractivity contribution in [2.75, 3.05) is 25.0 Å². The zero-order valence-corrected chi connectivity index (χ0v) is 17.5. The first kappa shape index (κ1) is 21.9. The van der Waals surface area contributed by atoms with Gasteiger partial charge in [-0.3, -0.25) is 0 Å². The number of thiol groups is 1. The molecule has 1 aromatic rings. The number of benzene rings is 1. The molecule has 0 radical (unpaired) electrons. The molecule has 1 aromatic carbocycles. The predicted octanol–water partition coefficient (Wildman–Crippen LogP) is 5.44. The lowest BCUT2D eigenvalue weighted by Crippen LogP contribution is -2.38. The Morgan fingerprint density at radius 3 is 2.48 bits per heavy atom. The minimum Gasteiger partial charge on any atom is -0.508 e. The second-order valence-corrected chi connectivity index (χ2v) is 7.76. The van der Waals surface area contributed by atoms with Crippen molar-refractivity contribution in [3.05, 3.63) is 29.8 Å². The van der Waals surface area contributed by atoms with E-state index < -0.39 is 0 Å². The maximum absolute atomic E-state index is 9.93. The Bertz CT molecular complexity index is 557. The first-order valence-corrected chi connectivity index (χ1v) is 9.89. The van der Waals surface area contributed by atoms with Gasteiger partial charge in [0.1, 0.15) is 5.76 Å². The number of aliphatic hydroxyl groups is 1. The highest BCUT2D eigenvalue weighted by Gasteiger charge is 2.21. The fourth-order valence-electron chi connectivity index (χ4n) is 3.44. The zero-order chi connectivity index (χ0) is 19.0. The van der Waals surface area contributed by atoms with Gasteiger partial charge in [-0.2, -0.15) is 0 Å². The highest BCUT2D eigenvalue weighted by Crippen LogP contribution is 2.32. The molecule has 2 N–H and O–H groups in total. The molecule has 0 aromatic heterocycles. The lowest BCUT2D eigenvalue weighted by molar-refractivity contribution is 0.456. The average molecular weight is 365 g/mol. The van der Waals surface area contributed by atoms with E-state index in [4.69, 9.17) is 0 Å². The number of hydrogen-bond acceptors (Lipinski definition) is 4. The molecule has 0 heterocycles. The summed E-state index contributed by atoms with van der Waals surface area (Å²) in [5.41, 5.74) is 3.02. The monoisotopic (exact) mass is 364 g/mol. The maximum atomic E-state index is 9.93. The van der Waals surface area contributed by atoms with Crippen LogP contribution in [0.25, 0.3) is 5.76 Å². The first-order chi connectivity index (χ1) is 11.8. The molecule has 0 saturated heterocycles. The molecular weight excluding hydrogens is 328 g/mol. The van der Waals surface area contributed by atoms with Crippen LogP contribution in [-0.2, 0) is 0 Å². The Morgan fingerprint density at radius 1 is 1.28 bits per heavy atom. The Morgan fingerprint density at radius 2 is 1.96 bits per heavy atom. The molecule has 0 aliphatic carbocycles. The molecule has 25 heavy (non-hydrogen) atoms. The summed E-state index contributed by atoms with van der Waals surface area (Å²) in [7, 11) is 2.01. The molecule has 1 unspecified atom stereocenters. The summed E-state index contributed by atoms with van der Waals surface area (Å²) >= 11 is 4.54. The number of nitrogens with one attached hydrogen (secondary N) is 1. The van der Waals surface area contributed by atoms with Gasteiger partial charge in [0.05, 0.1) is 0 Å². The van der Waals surface area contributed by atoms with E-state index in [1.54, 1.807) is 0 Å². The van der Waals surface area contributed by atoms with Crippen molar-refractivity contribution < 1.29 is 5.11 Å². The molecule has 0 aliphatic heterocycles. The number of aliphatic hydroxyl groups excluding tert-OH is 1. The topological polar surface area (TPSA) is 35.5 Å². The number of nitrogens with zero attached hydrogens (tertiary/aromatic N) is 1. The van der Waals surface area contributed by atoms with Gasteiger partial charge in [0.15, 0.2) is 0 Å². The lowest BCUT2D eigenvalue weighted by Gasteiger charge is -2.35. The van der Waals surface area contributed by atoms with Crippen LogP contribution in [0.2, 0.25) is 0 Å². The number of rotatable bonds is 11. The van der Waals surface area contributed by atoms with Crippen molar-refractivity contribution >= 4 is 24.1 Å². The molecule has 0 spiro atoms. The van der Waals surface area contributed by atoms with Crippen LogP contribution in [-0.4, -0.2) is 31.3 Å². The van der Waals surface area contributed by atoms with E-state index in [-0.39, 0.29) is 5.76 Å². The van der Waals surface area contributed by atoms with Gasteiger partial charge in [-0.1, -0.05) is 33.3 Å². The van der Waals surface area contributed by atoms with Crippen LogP contribution in [0.3, 0.4) is 0 Å². The van der Waals surface area contributed by atoms with E-state index >= 15 is 0 Å². The van der Waals surface area contributed by atoms with Gasteiger partial charge in [-0.25, -0.2) is 0 Å². The minimum absolute atomic E-state index is 0.109. The van der Waals surface area contributed by atoms with Gasteiger partial charge < -0.3 is 15.3 Å². The Kier molecular flexibility index (Phi) is 9.44. The molecule has 3 nitrogen and oxygen atoms in total. The molecule has 0 saturated carbocycles. The summed E-state index contributed by atoms with van der Waals surface area (Å²) < 4.78 is 0. The SMILES string of the molecule is C=C(O)c1cc(S)cc(N(CC)C(CCCC(C)C)CCNC)c1C. The van der Waals surface area contributed by atoms with Crippen molar-refractivity contribution in [3.63, 3.8) is 0 Å². The van der Waals surface area contributed by atoms with Crippen molar-refractivity contribution in [2.45, 2.75) is 64.3 Å². The molecule has 0 fully saturated rings. The van der Waals surface area contributed by atoms with Crippen LogP contribution >= 0.6 is 12.6 Å². The summed E-state index contributed by atoms with van der Waals surface area (Å²) in [6.45, 7) is 14.5. The van der Waals surface area contributed by atoms with Crippen LogP contribution in [0.1, 0.15) is 57.6 Å². The van der Waals surface area contributed by atoms with Gasteiger partial charge in [0.25, 0.3) is 0 Å². The van der Waals surface area contributed by atoms with Gasteiger partial charge in [-0.15, -0.1) is 12.6 Å². The Hall–Kier alpha value is -1.13. The summed E-state index contributed by atoms with van der Waals surface area (Å²) in [5, 5.41) is 13.2. The number of anilines is 1. The van der Waals surface area contributed by atoms with E-state index in [0.717, 1.165) is 47.1 Å². The third-order valence-electron chi connectivity index (χ3n) is 4.81. The molecule has 0 amide bonds. The van der Waals surface area contributed by atoms with Crippen molar-refractivity contribution in [1.82, 2.24) is 5.32 Å².